The van der Waals surface area contributed by atoms with Crippen LogP contribution in [0.5, 0.6) is 11.5 Å². The van der Waals surface area contributed by atoms with Crippen LogP contribution < -0.4 is 4.74 Å². The Labute approximate surface area is 98.6 Å². The summed E-state index contributed by atoms with van der Waals surface area (Å²) in [6.07, 6.45) is 2.54. The molecule has 1 aromatic rings. The third-order valence-electron chi connectivity index (χ3n) is 2.33. The lowest BCUT2D eigenvalue weighted by atomic mass is 10.2. The first-order valence-corrected chi connectivity index (χ1v) is 6.52. The molecule has 0 amide bonds. The molecule has 15 heavy (non-hydrogen) atoms. The highest BCUT2D eigenvalue weighted by Crippen LogP contribution is 2.31. The van der Waals surface area contributed by atoms with Gasteiger partial charge in [-0.25, -0.2) is 0 Å². The van der Waals surface area contributed by atoms with Crippen LogP contribution >= 0.6 is 23.4 Å². The molecule has 1 aliphatic heterocycles. The van der Waals surface area contributed by atoms with E-state index < -0.39 is 0 Å². The second-order valence-corrected chi connectivity index (χ2v) is 5.13. The van der Waals surface area contributed by atoms with Crippen molar-refractivity contribution in [2.24, 2.45) is 0 Å². The average Bonchev–Trinajstić information content (AvgIpc) is 2.24. The molecule has 2 rings (SSSR count). The van der Waals surface area contributed by atoms with Crippen molar-refractivity contribution in [3.8, 4) is 11.5 Å². The van der Waals surface area contributed by atoms with Gasteiger partial charge in [0.05, 0.1) is 5.02 Å². The monoisotopic (exact) mass is 244 g/mol. The zero-order valence-electron chi connectivity index (χ0n) is 8.28. The highest BCUT2D eigenvalue weighted by molar-refractivity contribution is 7.99. The van der Waals surface area contributed by atoms with Crippen LogP contribution in [-0.4, -0.2) is 22.7 Å². The van der Waals surface area contributed by atoms with Gasteiger partial charge < -0.3 is 9.84 Å². The first-order chi connectivity index (χ1) is 7.25. The van der Waals surface area contributed by atoms with Gasteiger partial charge in [-0.05, 0) is 30.7 Å². The van der Waals surface area contributed by atoms with Crippen molar-refractivity contribution in [2.75, 3.05) is 11.5 Å². The summed E-state index contributed by atoms with van der Waals surface area (Å²) in [5.74, 6) is 3.09. The van der Waals surface area contributed by atoms with E-state index in [2.05, 4.69) is 0 Å². The number of aromatic hydroxyl groups is 1. The van der Waals surface area contributed by atoms with Gasteiger partial charge in [-0.15, -0.1) is 0 Å². The Morgan fingerprint density at radius 3 is 3.00 bits per heavy atom. The molecular formula is C11H13ClO2S. The Morgan fingerprint density at radius 2 is 2.33 bits per heavy atom. The summed E-state index contributed by atoms with van der Waals surface area (Å²) in [6.45, 7) is 0. The smallest absolute Gasteiger partial charge is 0.138 e. The van der Waals surface area contributed by atoms with Crippen LogP contribution in [0.2, 0.25) is 5.02 Å². The second kappa shape index (κ2) is 4.99. The maximum atomic E-state index is 9.20. The Kier molecular flexibility index (Phi) is 3.65. The molecule has 82 valence electrons. The lowest BCUT2D eigenvalue weighted by Gasteiger charge is -2.23. The van der Waals surface area contributed by atoms with Crippen LogP contribution in [0.25, 0.3) is 0 Å². The summed E-state index contributed by atoms with van der Waals surface area (Å²) >= 11 is 7.87. The van der Waals surface area contributed by atoms with E-state index in [-0.39, 0.29) is 11.9 Å². The summed E-state index contributed by atoms with van der Waals surface area (Å²) in [7, 11) is 0. The van der Waals surface area contributed by atoms with Gasteiger partial charge in [0.1, 0.15) is 17.6 Å². The van der Waals surface area contributed by atoms with Crippen molar-refractivity contribution in [3.05, 3.63) is 23.2 Å². The molecule has 1 saturated heterocycles. The Balaban J connectivity index is 2.03. The van der Waals surface area contributed by atoms with E-state index in [0.717, 1.165) is 12.2 Å². The van der Waals surface area contributed by atoms with Gasteiger partial charge in [0.25, 0.3) is 0 Å². The normalized spacial score (nSPS) is 21.3. The molecule has 1 heterocycles. The van der Waals surface area contributed by atoms with E-state index in [1.807, 2.05) is 11.8 Å². The van der Waals surface area contributed by atoms with Crippen LogP contribution in [0.4, 0.5) is 0 Å². The average molecular weight is 245 g/mol. The number of phenols is 1. The number of ether oxygens (including phenoxy) is 1. The Morgan fingerprint density at radius 1 is 1.47 bits per heavy atom. The maximum Gasteiger partial charge on any atom is 0.138 e. The molecule has 1 N–H and O–H groups in total. The van der Waals surface area contributed by atoms with E-state index in [9.17, 15) is 5.11 Å². The fourth-order valence-electron chi connectivity index (χ4n) is 1.57. The quantitative estimate of drug-likeness (QED) is 0.866. The van der Waals surface area contributed by atoms with E-state index in [1.165, 1.54) is 18.2 Å². The SMILES string of the molecule is Oc1ccc(OC2CCCSC2)c(Cl)c1. The Bertz CT molecular complexity index is 337. The highest BCUT2D eigenvalue weighted by Gasteiger charge is 2.16. The first kappa shape index (κ1) is 11.0. The van der Waals surface area contributed by atoms with Gasteiger partial charge in [0.2, 0.25) is 0 Å². The molecule has 0 saturated carbocycles. The van der Waals surface area contributed by atoms with Crippen molar-refractivity contribution in [3.63, 3.8) is 0 Å². The number of rotatable bonds is 2. The minimum absolute atomic E-state index is 0.172. The van der Waals surface area contributed by atoms with Crippen LogP contribution in [0.15, 0.2) is 18.2 Å². The largest absolute Gasteiger partial charge is 0.508 e. The molecular weight excluding hydrogens is 232 g/mol. The van der Waals surface area contributed by atoms with Crippen molar-refractivity contribution in [2.45, 2.75) is 18.9 Å². The summed E-state index contributed by atoms with van der Waals surface area (Å²) in [6, 6.07) is 4.82. The van der Waals surface area contributed by atoms with Gasteiger partial charge >= 0.3 is 0 Å². The van der Waals surface area contributed by atoms with Crippen LogP contribution in [0.1, 0.15) is 12.8 Å². The standard InChI is InChI=1S/C11H13ClO2S/c12-10-6-8(13)3-4-11(10)14-9-2-1-5-15-7-9/h3-4,6,9,13H,1-2,5,7H2. The molecule has 2 nitrogen and oxygen atoms in total. The van der Waals surface area contributed by atoms with Crippen molar-refractivity contribution < 1.29 is 9.84 Å². The molecule has 0 bridgehead atoms. The summed E-state index contributed by atoms with van der Waals surface area (Å²) < 4.78 is 5.78. The predicted molar refractivity (Wildman–Crippen MR) is 64.1 cm³/mol. The lowest BCUT2D eigenvalue weighted by molar-refractivity contribution is 0.211. The first-order valence-electron chi connectivity index (χ1n) is 4.98. The predicted octanol–water partition coefficient (Wildman–Crippen LogP) is 3.32. The second-order valence-electron chi connectivity index (χ2n) is 3.57. The molecule has 4 heteroatoms. The topological polar surface area (TPSA) is 29.5 Å². The van der Waals surface area contributed by atoms with Crippen LogP contribution in [0.3, 0.4) is 0 Å². The zero-order chi connectivity index (χ0) is 10.7. The van der Waals surface area contributed by atoms with E-state index in [4.69, 9.17) is 16.3 Å². The van der Waals surface area contributed by atoms with Gasteiger partial charge in [-0.1, -0.05) is 11.6 Å². The molecule has 0 spiro atoms. The maximum absolute atomic E-state index is 9.20. The van der Waals surface area contributed by atoms with Gasteiger partial charge in [0, 0.05) is 11.8 Å². The third kappa shape index (κ3) is 2.95. The third-order valence-corrected chi connectivity index (χ3v) is 3.81. The van der Waals surface area contributed by atoms with E-state index >= 15 is 0 Å². The molecule has 0 aromatic heterocycles. The summed E-state index contributed by atoms with van der Waals surface area (Å²) in [4.78, 5) is 0. The summed E-state index contributed by atoms with van der Waals surface area (Å²) in [5, 5.41) is 9.68. The minimum Gasteiger partial charge on any atom is -0.508 e. The molecule has 1 unspecified atom stereocenters. The Hall–Kier alpha value is -0.540. The number of thioether (sulfide) groups is 1. The van der Waals surface area contributed by atoms with E-state index in [1.54, 1.807) is 12.1 Å². The van der Waals surface area contributed by atoms with Crippen LogP contribution in [-0.2, 0) is 0 Å². The van der Waals surface area contributed by atoms with Crippen molar-refractivity contribution in [1.82, 2.24) is 0 Å². The van der Waals surface area contributed by atoms with Crippen molar-refractivity contribution in [1.29, 1.82) is 0 Å². The van der Waals surface area contributed by atoms with E-state index in [0.29, 0.717) is 10.8 Å². The van der Waals surface area contributed by atoms with Gasteiger partial charge in [-0.2, -0.15) is 11.8 Å². The fraction of sp³-hybridized carbons (Fsp3) is 0.455. The molecule has 1 aromatic carbocycles. The lowest BCUT2D eigenvalue weighted by Crippen LogP contribution is -2.23. The summed E-state index contributed by atoms with van der Waals surface area (Å²) in [5.41, 5.74) is 0. The number of benzene rings is 1. The zero-order valence-corrected chi connectivity index (χ0v) is 9.85. The van der Waals surface area contributed by atoms with Crippen LogP contribution in [0, 0.1) is 0 Å². The number of hydrogen-bond acceptors (Lipinski definition) is 3. The molecule has 1 aliphatic rings. The fourth-order valence-corrected chi connectivity index (χ4v) is 2.82. The number of halogens is 1. The molecule has 0 radical (unpaired) electrons. The highest BCUT2D eigenvalue weighted by atomic mass is 35.5. The van der Waals surface area contributed by atoms with Gasteiger partial charge in [0.15, 0.2) is 0 Å². The van der Waals surface area contributed by atoms with Crippen molar-refractivity contribution >= 4 is 23.4 Å². The molecule has 1 fully saturated rings. The molecule has 0 aliphatic carbocycles. The number of hydrogen-bond donors (Lipinski definition) is 1. The molecule has 1 atom stereocenters. The van der Waals surface area contributed by atoms with Gasteiger partial charge in [-0.3, -0.25) is 0 Å². The minimum atomic E-state index is 0.172. The number of phenolic OH excluding ortho intramolecular Hbond substituents is 1.